The molecule has 400 valence electrons. The molecule has 71 heavy (non-hydrogen) atoms. The molecule has 2 bridgehead atoms. The minimum atomic E-state index is -2.45. The maximum atomic E-state index is 14.5. The number of fused-ring (bicyclic) bond motifs is 3. The molecule has 17 nitrogen and oxygen atoms in total. The SMILES string of the molecule is COC1C(=O)C(C)C[C@H](C)C=CC=CC=C(C)[C@@H](OC)C[C@@H]2CC[C@@H](C)[C@@](O)(O2)C(=O)C(=O)N2CCCCC2C(=O)O[C@H]([C@H](C)C[C@@H]2CC[C@@H](OC(=O)N(C)OC)[C@H](OC)C2)CC(=O)C(C)=CC(C)[C@H]1O. The molecule has 15 atom stereocenters. The average Bonchev–Trinajstić information content (AvgIpc) is 3.35. The lowest BCUT2D eigenvalue weighted by atomic mass is 9.78. The van der Waals surface area contributed by atoms with Crippen LogP contribution in [0.4, 0.5) is 4.79 Å². The molecule has 0 spiro atoms. The van der Waals surface area contributed by atoms with Crippen LogP contribution >= 0.6 is 0 Å². The van der Waals surface area contributed by atoms with E-state index in [0.29, 0.717) is 64.2 Å². The number of cyclic esters (lactones) is 1. The first kappa shape index (κ1) is 59.5. The number of methoxy groups -OCH3 is 3. The lowest BCUT2D eigenvalue weighted by molar-refractivity contribution is -0.265. The second-order valence-corrected chi connectivity index (χ2v) is 20.6. The Morgan fingerprint density at radius 2 is 1.61 bits per heavy atom. The monoisotopic (exact) mass is 1000 g/mol. The first-order valence-electron chi connectivity index (χ1n) is 25.6. The molecular weight excluding hydrogens is 917 g/mol. The second kappa shape index (κ2) is 27.8. The maximum absolute atomic E-state index is 14.5. The number of rotatable bonds is 8. The van der Waals surface area contributed by atoms with Crippen molar-refractivity contribution < 1.29 is 72.2 Å². The summed E-state index contributed by atoms with van der Waals surface area (Å²) in [4.78, 5) is 89.8. The molecule has 3 fully saturated rings. The van der Waals surface area contributed by atoms with Crippen molar-refractivity contribution in [2.45, 2.75) is 180 Å². The van der Waals surface area contributed by atoms with Crippen LogP contribution in [0.2, 0.25) is 0 Å². The Morgan fingerprint density at radius 1 is 0.887 bits per heavy atom. The van der Waals surface area contributed by atoms with Gasteiger partial charge in [0.05, 0.1) is 31.5 Å². The standard InChI is InChI=1S/C54H84N2O15/c1-32-18-14-13-15-19-33(2)44(65-9)30-40-23-21-38(7)54(64,71-40)50(60)51(61)56-25-17-16-20-41(56)52(62)69-45(31-42(57)34(3)27-37(6)48(59)49(67-11)47(58)36(5)26-32)35(4)28-39-22-24-43(46(29-39)66-10)70-53(63)55(8)68-12/h13-15,18-19,27,32,35-41,43-46,48-49,59,64H,16-17,20-26,28-31H2,1-12H3/t32-,35-,36?,37?,38-,39+,40+,41?,43-,44+,45+,46-,48-,49?,54-/m1/s1. The van der Waals surface area contributed by atoms with Gasteiger partial charge >= 0.3 is 12.1 Å². The third-order valence-electron chi connectivity index (χ3n) is 15.2. The van der Waals surface area contributed by atoms with Crippen molar-refractivity contribution in [2.75, 3.05) is 42.0 Å². The lowest BCUT2D eigenvalue weighted by Crippen LogP contribution is -2.61. The van der Waals surface area contributed by atoms with E-state index in [2.05, 4.69) is 0 Å². The summed E-state index contributed by atoms with van der Waals surface area (Å²) >= 11 is 0. The van der Waals surface area contributed by atoms with E-state index < -0.39 is 102 Å². The topological polar surface area (TPSA) is 214 Å². The molecule has 1 aliphatic carbocycles. The number of hydroxylamine groups is 2. The molecule has 0 radical (unpaired) electrons. The number of allylic oxidation sites excluding steroid dienone is 6. The summed E-state index contributed by atoms with van der Waals surface area (Å²) in [5.74, 6) is -8.31. The number of hydrogen-bond donors (Lipinski definition) is 2. The zero-order valence-electron chi connectivity index (χ0n) is 44.3. The van der Waals surface area contributed by atoms with Gasteiger partial charge in [-0.2, -0.15) is 5.06 Å². The molecule has 0 aromatic carbocycles. The molecule has 17 heteroatoms. The van der Waals surface area contributed by atoms with Gasteiger partial charge in [-0.1, -0.05) is 71.1 Å². The average molecular weight is 1000 g/mol. The highest BCUT2D eigenvalue weighted by atomic mass is 16.7. The number of ketones is 3. The quantitative estimate of drug-likeness (QED) is 0.145. The van der Waals surface area contributed by atoms with Crippen LogP contribution in [0.5, 0.6) is 0 Å². The number of hydrogen-bond acceptors (Lipinski definition) is 15. The Hall–Kier alpha value is -4.10. The molecule has 2 N–H and O–H groups in total. The van der Waals surface area contributed by atoms with E-state index in [4.69, 9.17) is 33.3 Å². The highest BCUT2D eigenvalue weighted by molar-refractivity contribution is 6.39. The first-order chi connectivity index (χ1) is 33.6. The summed E-state index contributed by atoms with van der Waals surface area (Å²) in [7, 11) is 7.30. The zero-order valence-corrected chi connectivity index (χ0v) is 44.3. The van der Waals surface area contributed by atoms with Gasteiger partial charge in [0.1, 0.15) is 24.4 Å². The number of esters is 1. The molecular formula is C54H84N2O15. The molecule has 4 aliphatic rings. The lowest BCUT2D eigenvalue weighted by Gasteiger charge is -2.42. The van der Waals surface area contributed by atoms with Crippen LogP contribution in [0.25, 0.3) is 0 Å². The molecule has 4 unspecified atom stereocenters. The Balaban J connectivity index is 1.70. The van der Waals surface area contributed by atoms with Gasteiger partial charge in [0, 0.05) is 65.5 Å². The van der Waals surface area contributed by atoms with Crippen LogP contribution < -0.4 is 0 Å². The Labute approximate surface area is 421 Å². The van der Waals surface area contributed by atoms with Crippen molar-refractivity contribution in [3.8, 4) is 0 Å². The Bertz CT molecular complexity index is 1950. The van der Waals surface area contributed by atoms with Gasteiger partial charge in [0.2, 0.25) is 5.79 Å². The predicted molar refractivity (Wildman–Crippen MR) is 264 cm³/mol. The van der Waals surface area contributed by atoms with Crippen LogP contribution in [0.1, 0.15) is 126 Å². The van der Waals surface area contributed by atoms with Crippen LogP contribution in [0, 0.1) is 35.5 Å². The van der Waals surface area contributed by atoms with Gasteiger partial charge in [-0.3, -0.25) is 24.0 Å². The molecule has 2 saturated heterocycles. The summed E-state index contributed by atoms with van der Waals surface area (Å²) in [5.41, 5.74) is 1.16. The van der Waals surface area contributed by atoms with E-state index in [0.717, 1.165) is 10.6 Å². The van der Waals surface area contributed by atoms with E-state index in [1.54, 1.807) is 41.1 Å². The fourth-order valence-corrected chi connectivity index (χ4v) is 10.5. The van der Waals surface area contributed by atoms with Crippen molar-refractivity contribution in [1.82, 2.24) is 9.96 Å². The number of Topliss-reactive ketones (excluding diaryl/α,β-unsaturated/α-hetero) is 3. The van der Waals surface area contributed by atoms with Crippen LogP contribution in [-0.4, -0.2) is 152 Å². The third kappa shape index (κ3) is 15.9. The van der Waals surface area contributed by atoms with Gasteiger partial charge in [-0.25, -0.2) is 9.59 Å². The summed E-state index contributed by atoms with van der Waals surface area (Å²) in [6, 6.07) is -1.18. The normalized spacial score (nSPS) is 35.5. The summed E-state index contributed by atoms with van der Waals surface area (Å²) in [6.45, 7) is 12.6. The number of nitrogens with zero attached hydrogens (tertiary/aromatic N) is 2. The van der Waals surface area contributed by atoms with Gasteiger partial charge in [-0.15, -0.1) is 0 Å². The number of aliphatic hydroxyl groups excluding tert-OH is 1. The van der Waals surface area contributed by atoms with E-state index in [1.807, 2.05) is 58.1 Å². The van der Waals surface area contributed by atoms with Crippen LogP contribution in [0.3, 0.4) is 0 Å². The van der Waals surface area contributed by atoms with Gasteiger partial charge < -0.3 is 43.5 Å². The van der Waals surface area contributed by atoms with Gasteiger partial charge in [0.25, 0.3) is 11.7 Å². The molecule has 3 heterocycles. The van der Waals surface area contributed by atoms with E-state index in [9.17, 15) is 39.0 Å². The summed E-state index contributed by atoms with van der Waals surface area (Å²) < 4.78 is 35.4. The van der Waals surface area contributed by atoms with Crippen LogP contribution in [0.15, 0.2) is 47.6 Å². The van der Waals surface area contributed by atoms with Gasteiger partial charge in [0.15, 0.2) is 11.6 Å². The number of ether oxygens (including phenoxy) is 6. The van der Waals surface area contributed by atoms with Gasteiger partial charge in [-0.05, 0) is 107 Å². The minimum absolute atomic E-state index is 0.00661. The first-order valence-corrected chi connectivity index (χ1v) is 25.6. The molecule has 1 saturated carbocycles. The maximum Gasteiger partial charge on any atom is 0.434 e. The molecule has 2 amide bonds. The minimum Gasteiger partial charge on any atom is -0.460 e. The smallest absolute Gasteiger partial charge is 0.434 e. The Kier molecular flexibility index (Phi) is 23.3. The number of aliphatic hydroxyl groups is 2. The van der Waals surface area contributed by atoms with Crippen molar-refractivity contribution in [3.63, 3.8) is 0 Å². The van der Waals surface area contributed by atoms with Crippen molar-refractivity contribution >= 4 is 35.3 Å². The fourth-order valence-electron chi connectivity index (χ4n) is 10.5. The zero-order chi connectivity index (χ0) is 52.7. The van der Waals surface area contributed by atoms with E-state index in [-0.39, 0.29) is 48.4 Å². The van der Waals surface area contributed by atoms with Crippen LogP contribution in [-0.2, 0) is 57.2 Å². The largest absolute Gasteiger partial charge is 0.460 e. The van der Waals surface area contributed by atoms with Crippen molar-refractivity contribution in [3.05, 3.63) is 47.6 Å². The van der Waals surface area contributed by atoms with E-state index >= 15 is 0 Å². The molecule has 3 aliphatic heterocycles. The Morgan fingerprint density at radius 3 is 2.27 bits per heavy atom. The highest BCUT2D eigenvalue weighted by Crippen LogP contribution is 2.38. The number of carbonyl (C=O) groups excluding carboxylic acids is 6. The predicted octanol–water partition coefficient (Wildman–Crippen LogP) is 6.82. The number of piperidine rings is 1. The third-order valence-corrected chi connectivity index (χ3v) is 15.2. The second-order valence-electron chi connectivity index (χ2n) is 20.6. The van der Waals surface area contributed by atoms with E-state index in [1.165, 1.54) is 26.2 Å². The molecule has 0 aromatic rings. The van der Waals surface area contributed by atoms with Crippen molar-refractivity contribution in [2.24, 2.45) is 35.5 Å². The number of carbonyl (C=O) groups is 6. The highest BCUT2D eigenvalue weighted by Gasteiger charge is 2.53. The fraction of sp³-hybridized carbons (Fsp3) is 0.741. The van der Waals surface area contributed by atoms with Crippen molar-refractivity contribution in [1.29, 1.82) is 0 Å². The molecule has 0 aromatic heterocycles. The summed E-state index contributed by atoms with van der Waals surface area (Å²) in [6.07, 6.45) is 9.93. The molecule has 4 rings (SSSR count). The summed E-state index contributed by atoms with van der Waals surface area (Å²) in [5, 5.41) is 24.5. The number of amides is 2.